The maximum absolute atomic E-state index is 12.7. The minimum Gasteiger partial charge on any atom is -0.336 e. The number of hydrogen-bond donors (Lipinski definition) is 0. The quantitative estimate of drug-likeness (QED) is 0.542. The van der Waals surface area contributed by atoms with Crippen molar-refractivity contribution in [3.63, 3.8) is 0 Å². The van der Waals surface area contributed by atoms with Crippen molar-refractivity contribution in [2.24, 2.45) is 0 Å². The van der Waals surface area contributed by atoms with E-state index in [-0.39, 0.29) is 6.04 Å². The van der Waals surface area contributed by atoms with Crippen molar-refractivity contribution in [3.05, 3.63) is 30.1 Å². The summed E-state index contributed by atoms with van der Waals surface area (Å²) in [6, 6.07) is 4.33. The summed E-state index contributed by atoms with van der Waals surface area (Å²) in [6.07, 6.45) is 12.7. The van der Waals surface area contributed by atoms with E-state index in [4.69, 9.17) is 0 Å². The lowest BCUT2D eigenvalue weighted by Crippen LogP contribution is -2.38. The first-order chi connectivity index (χ1) is 11.3. The van der Waals surface area contributed by atoms with Crippen molar-refractivity contribution in [2.45, 2.75) is 62.7 Å². The molecule has 1 amide bonds. The summed E-state index contributed by atoms with van der Waals surface area (Å²) in [5.74, 6) is 1.64. The van der Waals surface area contributed by atoms with E-state index in [2.05, 4.69) is 16.0 Å². The number of carbonyl (C=O) groups is 1. The number of hydrogen-bond acceptors (Lipinski definition) is 4. The number of pyridine rings is 1. The summed E-state index contributed by atoms with van der Waals surface area (Å²) >= 11 is 0. The fraction of sp³-hybridized carbons (Fsp3) is 0.667. The SMILES string of the molecule is O=C(CCCCC1CCSS1)N1CCCCC1c1cccnc1. The second-order valence-electron chi connectivity index (χ2n) is 6.46. The van der Waals surface area contributed by atoms with Crippen LogP contribution in [0.3, 0.4) is 0 Å². The molecular weight excluding hydrogens is 324 g/mol. The molecule has 2 fully saturated rings. The van der Waals surface area contributed by atoms with Gasteiger partial charge in [-0.15, -0.1) is 0 Å². The van der Waals surface area contributed by atoms with Crippen molar-refractivity contribution in [1.29, 1.82) is 0 Å². The lowest BCUT2D eigenvalue weighted by atomic mass is 9.95. The third-order valence-corrected chi connectivity index (χ3v) is 7.79. The Balaban J connectivity index is 1.48. The molecule has 3 heterocycles. The maximum Gasteiger partial charge on any atom is 0.223 e. The number of likely N-dealkylation sites (tertiary alicyclic amines) is 1. The smallest absolute Gasteiger partial charge is 0.223 e. The minimum atomic E-state index is 0.242. The molecule has 2 atom stereocenters. The van der Waals surface area contributed by atoms with Gasteiger partial charge in [-0.3, -0.25) is 9.78 Å². The van der Waals surface area contributed by atoms with E-state index in [0.717, 1.165) is 31.1 Å². The number of aromatic nitrogens is 1. The average Bonchev–Trinajstić information content (AvgIpc) is 3.13. The largest absolute Gasteiger partial charge is 0.336 e. The lowest BCUT2D eigenvalue weighted by molar-refractivity contribution is -0.135. The van der Waals surface area contributed by atoms with Gasteiger partial charge >= 0.3 is 0 Å². The van der Waals surface area contributed by atoms with Crippen LogP contribution in [0.2, 0.25) is 0 Å². The van der Waals surface area contributed by atoms with Crippen LogP contribution >= 0.6 is 21.6 Å². The Morgan fingerprint density at radius 2 is 2.26 bits per heavy atom. The zero-order valence-corrected chi connectivity index (χ0v) is 15.3. The molecule has 126 valence electrons. The fourth-order valence-electron chi connectivity index (χ4n) is 3.51. The molecule has 2 aliphatic rings. The Hall–Kier alpha value is -0.680. The number of piperidine rings is 1. The molecule has 0 bridgehead atoms. The van der Waals surface area contributed by atoms with Crippen molar-refractivity contribution < 1.29 is 4.79 Å². The van der Waals surface area contributed by atoms with E-state index in [9.17, 15) is 4.79 Å². The summed E-state index contributed by atoms with van der Waals surface area (Å²) in [6.45, 7) is 0.910. The topological polar surface area (TPSA) is 33.2 Å². The standard InChI is InChI=1S/C18H26N2OS2/c21-18(9-2-1-7-16-10-13-22-23-16)20-12-4-3-8-17(20)15-6-5-11-19-14-15/h5-6,11,14,16-17H,1-4,7-10,12-13H2. The van der Waals surface area contributed by atoms with Gasteiger partial charge in [0.05, 0.1) is 6.04 Å². The van der Waals surface area contributed by atoms with Crippen LogP contribution in [0.4, 0.5) is 0 Å². The van der Waals surface area contributed by atoms with E-state index < -0.39 is 0 Å². The molecule has 0 saturated carbocycles. The monoisotopic (exact) mass is 350 g/mol. The molecule has 0 N–H and O–H groups in total. The lowest BCUT2D eigenvalue weighted by Gasteiger charge is -2.36. The molecule has 23 heavy (non-hydrogen) atoms. The molecule has 1 aromatic heterocycles. The van der Waals surface area contributed by atoms with Gasteiger partial charge in [0.1, 0.15) is 0 Å². The van der Waals surface area contributed by atoms with Crippen molar-refractivity contribution >= 4 is 27.5 Å². The molecule has 5 heteroatoms. The molecule has 0 aromatic carbocycles. The highest BCUT2D eigenvalue weighted by Crippen LogP contribution is 2.40. The molecule has 0 radical (unpaired) electrons. The molecule has 0 aliphatic carbocycles. The van der Waals surface area contributed by atoms with Crippen LogP contribution in [0.15, 0.2) is 24.5 Å². The highest BCUT2D eigenvalue weighted by Gasteiger charge is 2.27. The molecule has 0 spiro atoms. The molecule has 2 aliphatic heterocycles. The predicted molar refractivity (Wildman–Crippen MR) is 99.5 cm³/mol. The molecule has 2 unspecified atom stereocenters. The zero-order valence-electron chi connectivity index (χ0n) is 13.7. The van der Waals surface area contributed by atoms with Crippen molar-refractivity contribution in [3.8, 4) is 0 Å². The number of nitrogens with zero attached hydrogens (tertiary/aromatic N) is 2. The zero-order chi connectivity index (χ0) is 15.9. The van der Waals surface area contributed by atoms with Gasteiger partial charge in [0.15, 0.2) is 0 Å². The van der Waals surface area contributed by atoms with Crippen LogP contribution < -0.4 is 0 Å². The predicted octanol–water partition coefficient (Wildman–Crippen LogP) is 4.85. The Labute approximate surface area is 147 Å². The molecule has 3 rings (SSSR count). The second kappa shape index (κ2) is 8.97. The Kier molecular flexibility index (Phi) is 6.69. The summed E-state index contributed by atoms with van der Waals surface area (Å²) in [5, 5.41) is 0.827. The van der Waals surface area contributed by atoms with Crippen LogP contribution in [0.25, 0.3) is 0 Å². The molecule has 3 nitrogen and oxygen atoms in total. The van der Waals surface area contributed by atoms with Crippen LogP contribution in [-0.4, -0.2) is 33.3 Å². The third kappa shape index (κ3) is 4.90. The molecule has 2 saturated heterocycles. The highest BCUT2D eigenvalue weighted by atomic mass is 33.1. The fourth-order valence-corrected chi connectivity index (χ4v) is 6.53. The average molecular weight is 351 g/mol. The van der Waals surface area contributed by atoms with Gasteiger partial charge in [-0.2, -0.15) is 0 Å². The van der Waals surface area contributed by atoms with Gasteiger partial charge in [-0.25, -0.2) is 0 Å². The number of carbonyl (C=O) groups excluding carboxylic acids is 1. The first-order valence-electron chi connectivity index (χ1n) is 8.82. The van der Waals surface area contributed by atoms with Crippen molar-refractivity contribution in [2.75, 3.05) is 12.3 Å². The summed E-state index contributed by atoms with van der Waals surface area (Å²) in [4.78, 5) is 19.0. The van der Waals surface area contributed by atoms with Gasteiger partial charge < -0.3 is 4.90 Å². The minimum absolute atomic E-state index is 0.242. The van der Waals surface area contributed by atoms with E-state index in [1.807, 2.05) is 33.9 Å². The van der Waals surface area contributed by atoms with E-state index >= 15 is 0 Å². The Bertz CT molecular complexity index is 491. The molecular formula is C18H26N2OS2. The molecule has 1 aromatic rings. The summed E-state index contributed by atoms with van der Waals surface area (Å²) < 4.78 is 0. The first-order valence-corrected chi connectivity index (χ1v) is 11.2. The van der Waals surface area contributed by atoms with Gasteiger partial charge in [0, 0.05) is 36.4 Å². The second-order valence-corrected chi connectivity index (χ2v) is 9.25. The number of amides is 1. The number of rotatable bonds is 6. The van der Waals surface area contributed by atoms with Crippen LogP contribution in [0.1, 0.15) is 63.0 Å². The third-order valence-electron chi connectivity index (χ3n) is 4.79. The van der Waals surface area contributed by atoms with E-state index in [0.29, 0.717) is 12.3 Å². The first kappa shape index (κ1) is 17.2. The van der Waals surface area contributed by atoms with Gasteiger partial charge in [-0.1, -0.05) is 34.1 Å². The highest BCUT2D eigenvalue weighted by molar-refractivity contribution is 8.77. The van der Waals surface area contributed by atoms with Crippen LogP contribution in [-0.2, 0) is 4.79 Å². The summed E-state index contributed by atoms with van der Waals surface area (Å²) in [5.41, 5.74) is 1.19. The maximum atomic E-state index is 12.7. The van der Waals surface area contributed by atoms with E-state index in [1.165, 1.54) is 37.0 Å². The number of unbranched alkanes of at least 4 members (excludes halogenated alkanes) is 1. The van der Waals surface area contributed by atoms with Crippen LogP contribution in [0, 0.1) is 0 Å². The van der Waals surface area contributed by atoms with Gasteiger partial charge in [0.25, 0.3) is 0 Å². The van der Waals surface area contributed by atoms with Crippen LogP contribution in [0.5, 0.6) is 0 Å². The Morgan fingerprint density at radius 1 is 1.30 bits per heavy atom. The van der Waals surface area contributed by atoms with Gasteiger partial charge in [0.2, 0.25) is 5.91 Å². The van der Waals surface area contributed by atoms with E-state index in [1.54, 1.807) is 6.20 Å². The normalized spacial score (nSPS) is 24.8. The Morgan fingerprint density at radius 3 is 3.04 bits per heavy atom. The van der Waals surface area contributed by atoms with Gasteiger partial charge in [-0.05, 0) is 50.2 Å². The summed E-state index contributed by atoms with van der Waals surface area (Å²) in [7, 11) is 4.04. The van der Waals surface area contributed by atoms with Crippen molar-refractivity contribution in [1.82, 2.24) is 9.88 Å².